The second-order valence-electron chi connectivity index (χ2n) is 4.62. The maximum Gasteiger partial charge on any atom is 0.308 e. The minimum absolute atomic E-state index is 0.125. The number of esters is 1. The summed E-state index contributed by atoms with van der Waals surface area (Å²) in [4.78, 5) is 22.1. The van der Waals surface area contributed by atoms with Crippen LogP contribution in [0.15, 0.2) is 0 Å². The molecular weight excluding hydrogens is 232 g/mol. The third-order valence-electron chi connectivity index (χ3n) is 3.01. The van der Waals surface area contributed by atoms with Gasteiger partial charge in [-0.25, -0.2) is 0 Å². The second-order valence-corrected chi connectivity index (χ2v) is 4.62. The summed E-state index contributed by atoms with van der Waals surface area (Å²) >= 11 is 0. The van der Waals surface area contributed by atoms with Crippen LogP contribution in [-0.4, -0.2) is 23.7 Å². The van der Waals surface area contributed by atoms with E-state index in [-0.39, 0.29) is 18.3 Å². The Morgan fingerprint density at radius 1 is 1.11 bits per heavy atom. The van der Waals surface area contributed by atoms with Crippen LogP contribution in [-0.2, 0) is 14.3 Å². The molecular formula is C14H26O4. The van der Waals surface area contributed by atoms with E-state index < -0.39 is 5.97 Å². The lowest BCUT2D eigenvalue weighted by molar-refractivity contribution is -0.149. The van der Waals surface area contributed by atoms with Crippen LogP contribution >= 0.6 is 0 Å². The van der Waals surface area contributed by atoms with E-state index in [4.69, 9.17) is 9.84 Å². The highest BCUT2D eigenvalue weighted by Gasteiger charge is 2.17. The molecule has 4 heteroatoms. The third-order valence-corrected chi connectivity index (χ3v) is 3.01. The number of carboxylic acid groups (broad SMARTS) is 1. The predicted octanol–water partition coefficient (Wildman–Crippen LogP) is 3.39. The van der Waals surface area contributed by atoms with Crippen molar-refractivity contribution in [1.82, 2.24) is 0 Å². The van der Waals surface area contributed by atoms with Gasteiger partial charge < -0.3 is 9.84 Å². The van der Waals surface area contributed by atoms with Gasteiger partial charge in [-0.1, -0.05) is 33.1 Å². The van der Waals surface area contributed by atoms with E-state index in [9.17, 15) is 9.59 Å². The average Bonchev–Trinajstić information content (AvgIpc) is 2.33. The lowest BCUT2D eigenvalue weighted by Crippen LogP contribution is -2.18. The maximum absolute atomic E-state index is 11.7. The molecule has 0 saturated carbocycles. The smallest absolute Gasteiger partial charge is 0.308 e. The molecule has 0 amide bonds. The number of rotatable bonds is 11. The van der Waals surface area contributed by atoms with Crippen LogP contribution in [0, 0.1) is 5.92 Å². The van der Waals surface area contributed by atoms with Gasteiger partial charge in [0.1, 0.15) is 0 Å². The van der Waals surface area contributed by atoms with Gasteiger partial charge in [-0.2, -0.15) is 0 Å². The number of carbonyl (C=O) groups is 2. The molecule has 0 aliphatic heterocycles. The van der Waals surface area contributed by atoms with E-state index in [1.54, 1.807) is 0 Å². The molecule has 0 aromatic heterocycles. The van der Waals surface area contributed by atoms with Crippen molar-refractivity contribution in [1.29, 1.82) is 0 Å². The summed E-state index contributed by atoms with van der Waals surface area (Å²) < 4.78 is 5.21. The molecule has 0 rings (SSSR count). The Morgan fingerprint density at radius 2 is 1.83 bits per heavy atom. The lowest BCUT2D eigenvalue weighted by atomic mass is 9.99. The molecule has 0 aromatic rings. The fourth-order valence-corrected chi connectivity index (χ4v) is 1.81. The van der Waals surface area contributed by atoms with Crippen molar-refractivity contribution in [2.24, 2.45) is 5.92 Å². The molecule has 18 heavy (non-hydrogen) atoms. The minimum atomic E-state index is -0.808. The van der Waals surface area contributed by atoms with Crippen molar-refractivity contribution in [3.8, 4) is 0 Å². The summed E-state index contributed by atoms with van der Waals surface area (Å²) in [5.41, 5.74) is 0. The summed E-state index contributed by atoms with van der Waals surface area (Å²) in [5, 5.41) is 8.55. The fourth-order valence-electron chi connectivity index (χ4n) is 1.81. The Morgan fingerprint density at radius 3 is 2.39 bits per heavy atom. The number of hydrogen-bond acceptors (Lipinski definition) is 3. The highest BCUT2D eigenvalue weighted by atomic mass is 16.5. The fraction of sp³-hybridized carbons (Fsp3) is 0.857. The normalized spacial score (nSPS) is 12.1. The Hall–Kier alpha value is -1.06. The van der Waals surface area contributed by atoms with Crippen molar-refractivity contribution in [2.45, 2.75) is 65.2 Å². The van der Waals surface area contributed by atoms with Gasteiger partial charge >= 0.3 is 11.9 Å². The first-order chi connectivity index (χ1) is 8.61. The number of ether oxygens (including phenoxy) is 1. The zero-order valence-electron chi connectivity index (χ0n) is 11.6. The Bertz CT molecular complexity index is 238. The van der Waals surface area contributed by atoms with Crippen LogP contribution in [0.1, 0.15) is 65.2 Å². The molecule has 0 aliphatic rings. The number of carboxylic acids is 1. The summed E-state index contributed by atoms with van der Waals surface area (Å²) in [6.45, 7) is 4.57. The lowest BCUT2D eigenvalue weighted by Gasteiger charge is -2.13. The summed E-state index contributed by atoms with van der Waals surface area (Å²) in [6.07, 6.45) is 6.35. The van der Waals surface area contributed by atoms with Gasteiger partial charge in [0.15, 0.2) is 0 Å². The van der Waals surface area contributed by atoms with E-state index in [0.717, 1.165) is 12.8 Å². The van der Waals surface area contributed by atoms with Crippen molar-refractivity contribution in [2.75, 3.05) is 6.61 Å². The van der Waals surface area contributed by atoms with Gasteiger partial charge in [0.25, 0.3) is 0 Å². The first kappa shape index (κ1) is 16.9. The first-order valence-electron chi connectivity index (χ1n) is 7.00. The maximum atomic E-state index is 11.7. The minimum Gasteiger partial charge on any atom is -0.481 e. The van der Waals surface area contributed by atoms with Crippen LogP contribution in [0.2, 0.25) is 0 Å². The standard InChI is InChI=1S/C14H26O4/c1-3-5-6-7-11-18-14(17)12(4-2)9-8-10-13(15)16/h12H,3-11H2,1-2H3,(H,15,16). The van der Waals surface area contributed by atoms with Gasteiger partial charge in [0.2, 0.25) is 0 Å². The number of aliphatic carboxylic acids is 1. The Balaban J connectivity index is 3.71. The van der Waals surface area contributed by atoms with Crippen LogP contribution in [0.5, 0.6) is 0 Å². The van der Waals surface area contributed by atoms with Crippen molar-refractivity contribution in [3.05, 3.63) is 0 Å². The molecule has 0 aromatic carbocycles. The molecule has 0 saturated heterocycles. The molecule has 1 N–H and O–H groups in total. The van der Waals surface area contributed by atoms with Crippen molar-refractivity contribution >= 4 is 11.9 Å². The quantitative estimate of drug-likeness (QED) is 0.456. The van der Waals surface area contributed by atoms with Crippen molar-refractivity contribution in [3.63, 3.8) is 0 Å². The summed E-state index contributed by atoms with van der Waals surface area (Å²) in [7, 11) is 0. The zero-order chi connectivity index (χ0) is 13.8. The van der Waals surface area contributed by atoms with Crippen LogP contribution < -0.4 is 0 Å². The van der Waals surface area contributed by atoms with Crippen molar-refractivity contribution < 1.29 is 19.4 Å². The number of carbonyl (C=O) groups excluding carboxylic acids is 1. The van der Waals surface area contributed by atoms with E-state index in [0.29, 0.717) is 25.9 Å². The van der Waals surface area contributed by atoms with E-state index in [1.165, 1.54) is 12.8 Å². The second kappa shape index (κ2) is 11.1. The van der Waals surface area contributed by atoms with E-state index in [1.807, 2.05) is 6.92 Å². The molecule has 4 nitrogen and oxygen atoms in total. The number of unbranched alkanes of at least 4 members (excludes halogenated alkanes) is 3. The molecule has 106 valence electrons. The number of hydrogen-bond donors (Lipinski definition) is 1. The van der Waals surface area contributed by atoms with Gasteiger partial charge in [0, 0.05) is 6.42 Å². The Kier molecular flexibility index (Phi) is 10.4. The highest BCUT2D eigenvalue weighted by Crippen LogP contribution is 2.15. The van der Waals surface area contributed by atoms with Gasteiger partial charge in [0.05, 0.1) is 12.5 Å². The highest BCUT2D eigenvalue weighted by molar-refractivity contribution is 5.72. The predicted molar refractivity (Wildman–Crippen MR) is 70.4 cm³/mol. The molecule has 1 atom stereocenters. The topological polar surface area (TPSA) is 63.6 Å². The Labute approximate surface area is 110 Å². The van der Waals surface area contributed by atoms with Gasteiger partial charge in [-0.15, -0.1) is 0 Å². The van der Waals surface area contributed by atoms with E-state index in [2.05, 4.69) is 6.92 Å². The van der Waals surface area contributed by atoms with Gasteiger partial charge in [-0.3, -0.25) is 9.59 Å². The largest absolute Gasteiger partial charge is 0.481 e. The van der Waals surface area contributed by atoms with Crippen LogP contribution in [0.25, 0.3) is 0 Å². The molecule has 0 aliphatic carbocycles. The molecule has 1 unspecified atom stereocenters. The van der Waals surface area contributed by atoms with Gasteiger partial charge in [-0.05, 0) is 25.7 Å². The molecule has 0 fully saturated rings. The monoisotopic (exact) mass is 258 g/mol. The molecule has 0 heterocycles. The molecule has 0 bridgehead atoms. The molecule has 0 radical (unpaired) electrons. The SMILES string of the molecule is CCCCCCOC(=O)C(CC)CCCC(=O)O. The molecule has 0 spiro atoms. The average molecular weight is 258 g/mol. The zero-order valence-corrected chi connectivity index (χ0v) is 11.6. The third kappa shape index (κ3) is 9.02. The van der Waals surface area contributed by atoms with Crippen LogP contribution in [0.4, 0.5) is 0 Å². The first-order valence-corrected chi connectivity index (χ1v) is 7.00. The summed E-state index contributed by atoms with van der Waals surface area (Å²) in [5.74, 6) is -1.12. The summed E-state index contributed by atoms with van der Waals surface area (Å²) in [6, 6.07) is 0. The van der Waals surface area contributed by atoms with E-state index >= 15 is 0 Å². The van der Waals surface area contributed by atoms with Crippen LogP contribution in [0.3, 0.4) is 0 Å².